The summed E-state index contributed by atoms with van der Waals surface area (Å²) >= 11 is 0. The van der Waals surface area contributed by atoms with Gasteiger partial charge >= 0.3 is 0 Å². The van der Waals surface area contributed by atoms with E-state index in [0.29, 0.717) is 6.42 Å². The molecule has 1 unspecified atom stereocenters. The van der Waals surface area contributed by atoms with Crippen LogP contribution in [0.2, 0.25) is 0 Å². The van der Waals surface area contributed by atoms with Crippen molar-refractivity contribution in [2.45, 2.75) is 19.8 Å². The summed E-state index contributed by atoms with van der Waals surface area (Å²) in [4.78, 5) is 10.8. The smallest absolute Gasteiger partial charge is 0.224 e. The Balaban J connectivity index is 0.000000165. The topological polar surface area (TPSA) is 29.1 Å². The van der Waals surface area contributed by atoms with Gasteiger partial charge in [0.1, 0.15) is 0 Å². The third kappa shape index (κ3) is 4.18. The maximum atomic E-state index is 10.8. The lowest BCUT2D eigenvalue weighted by molar-refractivity contribution is -0.122. The summed E-state index contributed by atoms with van der Waals surface area (Å²) in [5.74, 6) is 2.69. The molecule has 0 bridgehead atoms. The van der Waals surface area contributed by atoms with Crippen LogP contribution in [0.3, 0.4) is 0 Å². The van der Waals surface area contributed by atoms with Gasteiger partial charge in [0.05, 0.1) is 5.92 Å². The molecule has 0 aromatic heterocycles. The van der Waals surface area contributed by atoms with Crippen molar-refractivity contribution >= 4 is 5.91 Å². The van der Waals surface area contributed by atoms with Gasteiger partial charge < -0.3 is 5.32 Å². The summed E-state index contributed by atoms with van der Waals surface area (Å²) in [7, 11) is 0. The molecule has 0 radical (unpaired) electrons. The van der Waals surface area contributed by atoms with Crippen molar-refractivity contribution in [3.8, 4) is 12.3 Å². The van der Waals surface area contributed by atoms with E-state index in [1.807, 2.05) is 18.2 Å². The van der Waals surface area contributed by atoms with E-state index in [4.69, 9.17) is 6.42 Å². The van der Waals surface area contributed by atoms with Crippen molar-refractivity contribution < 1.29 is 4.79 Å². The summed E-state index contributed by atoms with van der Waals surface area (Å²) in [6.45, 7) is 2.88. The first-order valence-corrected chi connectivity index (χ1v) is 5.47. The van der Waals surface area contributed by atoms with Gasteiger partial charge in [-0.15, -0.1) is 12.3 Å². The van der Waals surface area contributed by atoms with Gasteiger partial charge in [-0.05, 0) is 13.3 Å². The van der Waals surface area contributed by atoms with Crippen LogP contribution in [0, 0.1) is 25.2 Å². The summed E-state index contributed by atoms with van der Waals surface area (Å²) in [5, 5.41) is 2.72. The lowest BCUT2D eigenvalue weighted by Gasteiger charge is -1.97. The molecule has 16 heavy (non-hydrogen) atoms. The molecule has 2 rings (SSSR count). The SMILES string of the molecule is C#CCC1CCNC1=O.Cc1ccccc1. The molecule has 1 saturated heterocycles. The number of terminal acetylenes is 1. The van der Waals surface area contributed by atoms with Crippen molar-refractivity contribution in [2.24, 2.45) is 5.92 Å². The number of hydrogen-bond donors (Lipinski definition) is 1. The van der Waals surface area contributed by atoms with Gasteiger partial charge in [-0.3, -0.25) is 4.79 Å². The highest BCUT2D eigenvalue weighted by Gasteiger charge is 2.22. The van der Waals surface area contributed by atoms with E-state index in [-0.39, 0.29) is 11.8 Å². The molecule has 2 nitrogen and oxygen atoms in total. The second kappa shape index (κ2) is 6.68. The molecular formula is C14H17NO. The van der Waals surface area contributed by atoms with Gasteiger partial charge in [0.2, 0.25) is 5.91 Å². The fraction of sp³-hybridized carbons (Fsp3) is 0.357. The van der Waals surface area contributed by atoms with Crippen molar-refractivity contribution in [3.05, 3.63) is 35.9 Å². The molecule has 1 aromatic rings. The summed E-state index contributed by atoms with van der Waals surface area (Å²) in [6.07, 6.45) is 6.54. The highest BCUT2D eigenvalue weighted by molar-refractivity contribution is 5.80. The van der Waals surface area contributed by atoms with E-state index < -0.39 is 0 Å². The van der Waals surface area contributed by atoms with Crippen LogP contribution in [0.4, 0.5) is 0 Å². The summed E-state index contributed by atoms with van der Waals surface area (Å²) < 4.78 is 0. The minimum atomic E-state index is 0.0926. The van der Waals surface area contributed by atoms with Crippen molar-refractivity contribution in [1.82, 2.24) is 5.32 Å². The molecule has 0 aliphatic carbocycles. The Labute approximate surface area is 97.1 Å². The van der Waals surface area contributed by atoms with Crippen LogP contribution in [0.1, 0.15) is 18.4 Å². The Bertz CT molecular complexity index is 364. The second-order valence-corrected chi connectivity index (χ2v) is 3.84. The lowest BCUT2D eigenvalue weighted by atomic mass is 10.1. The zero-order chi connectivity index (χ0) is 11.8. The number of benzene rings is 1. The van der Waals surface area contributed by atoms with E-state index in [1.165, 1.54) is 5.56 Å². The zero-order valence-electron chi connectivity index (χ0n) is 9.57. The molecule has 1 aliphatic heterocycles. The van der Waals surface area contributed by atoms with Crippen molar-refractivity contribution in [1.29, 1.82) is 0 Å². The average Bonchev–Trinajstić information content (AvgIpc) is 2.67. The van der Waals surface area contributed by atoms with Gasteiger partial charge in [0.15, 0.2) is 0 Å². The van der Waals surface area contributed by atoms with Crippen LogP contribution < -0.4 is 5.32 Å². The number of hydrogen-bond acceptors (Lipinski definition) is 1. The van der Waals surface area contributed by atoms with E-state index >= 15 is 0 Å². The molecule has 2 heteroatoms. The third-order valence-electron chi connectivity index (χ3n) is 2.47. The van der Waals surface area contributed by atoms with Gasteiger partial charge in [0, 0.05) is 13.0 Å². The van der Waals surface area contributed by atoms with Crippen LogP contribution in [0.15, 0.2) is 30.3 Å². The third-order valence-corrected chi connectivity index (χ3v) is 2.47. The standard InChI is InChI=1S/C7H9NO.C7H8/c1-2-3-6-4-5-8-7(6)9;1-7-5-3-2-4-6-7/h1,6H,3-5H2,(H,8,9);2-6H,1H3. The van der Waals surface area contributed by atoms with Crippen molar-refractivity contribution in [3.63, 3.8) is 0 Å². The monoisotopic (exact) mass is 215 g/mol. The first-order valence-electron chi connectivity index (χ1n) is 5.47. The summed E-state index contributed by atoms with van der Waals surface area (Å²) in [6, 6.07) is 10.3. The molecule has 1 heterocycles. The zero-order valence-corrected chi connectivity index (χ0v) is 9.57. The van der Waals surface area contributed by atoms with Gasteiger partial charge in [-0.25, -0.2) is 0 Å². The van der Waals surface area contributed by atoms with Crippen LogP contribution in [-0.4, -0.2) is 12.5 Å². The van der Waals surface area contributed by atoms with Crippen molar-refractivity contribution in [2.75, 3.05) is 6.54 Å². The number of amides is 1. The molecule has 1 fully saturated rings. The van der Waals surface area contributed by atoms with Gasteiger partial charge in [0.25, 0.3) is 0 Å². The Morgan fingerprint density at radius 3 is 2.50 bits per heavy atom. The van der Waals surface area contributed by atoms with Gasteiger partial charge in [-0.2, -0.15) is 0 Å². The molecule has 1 aromatic carbocycles. The van der Waals surface area contributed by atoms with E-state index in [2.05, 4.69) is 30.3 Å². The number of nitrogens with one attached hydrogen (secondary N) is 1. The largest absolute Gasteiger partial charge is 0.356 e. The minimum absolute atomic E-state index is 0.0926. The molecule has 1 amide bonds. The number of rotatable bonds is 1. The van der Waals surface area contributed by atoms with Crippen LogP contribution in [-0.2, 0) is 4.79 Å². The minimum Gasteiger partial charge on any atom is -0.356 e. The fourth-order valence-electron chi connectivity index (χ4n) is 1.52. The second-order valence-electron chi connectivity index (χ2n) is 3.84. The number of aryl methyl sites for hydroxylation is 1. The normalized spacial score (nSPS) is 18.0. The highest BCUT2D eigenvalue weighted by Crippen LogP contribution is 2.11. The molecule has 0 saturated carbocycles. The first kappa shape index (κ1) is 12.3. The maximum Gasteiger partial charge on any atom is 0.224 e. The Hall–Kier alpha value is -1.75. The van der Waals surface area contributed by atoms with Crippen LogP contribution >= 0.6 is 0 Å². The average molecular weight is 215 g/mol. The Morgan fingerprint density at radius 1 is 1.44 bits per heavy atom. The van der Waals surface area contributed by atoms with Crippen LogP contribution in [0.5, 0.6) is 0 Å². The van der Waals surface area contributed by atoms with Crippen LogP contribution in [0.25, 0.3) is 0 Å². The van der Waals surface area contributed by atoms with Gasteiger partial charge in [-0.1, -0.05) is 35.9 Å². The lowest BCUT2D eigenvalue weighted by Crippen LogP contribution is -2.18. The van der Waals surface area contributed by atoms with E-state index in [1.54, 1.807) is 0 Å². The summed E-state index contributed by atoms with van der Waals surface area (Å²) in [5.41, 5.74) is 1.32. The van der Waals surface area contributed by atoms with E-state index in [9.17, 15) is 4.79 Å². The molecule has 0 spiro atoms. The quantitative estimate of drug-likeness (QED) is 0.714. The molecular weight excluding hydrogens is 198 g/mol. The molecule has 1 N–H and O–H groups in total. The maximum absolute atomic E-state index is 10.8. The molecule has 1 atom stereocenters. The number of carbonyl (C=O) groups is 1. The fourth-order valence-corrected chi connectivity index (χ4v) is 1.52. The van der Waals surface area contributed by atoms with E-state index in [0.717, 1.165) is 13.0 Å². The predicted molar refractivity (Wildman–Crippen MR) is 65.7 cm³/mol. The highest BCUT2D eigenvalue weighted by atomic mass is 16.2. The molecule has 1 aliphatic rings. The number of carbonyl (C=O) groups excluding carboxylic acids is 1. The predicted octanol–water partition coefficient (Wildman–Crippen LogP) is 2.14. The Kier molecular flexibility index (Phi) is 5.15. The first-order chi connectivity index (χ1) is 7.74. The Morgan fingerprint density at radius 2 is 2.12 bits per heavy atom. The molecule has 84 valence electrons.